The van der Waals surface area contributed by atoms with Crippen molar-refractivity contribution >= 4 is 22.4 Å². The van der Waals surface area contributed by atoms with Gasteiger partial charge in [-0.3, -0.25) is 4.79 Å². The van der Waals surface area contributed by atoms with Gasteiger partial charge in [0.2, 0.25) is 5.13 Å². The van der Waals surface area contributed by atoms with E-state index in [0.29, 0.717) is 6.54 Å². The fourth-order valence-electron chi connectivity index (χ4n) is 1.46. The second-order valence-corrected chi connectivity index (χ2v) is 5.06. The summed E-state index contributed by atoms with van der Waals surface area (Å²) < 4.78 is 0. The molecule has 5 nitrogen and oxygen atoms in total. The van der Waals surface area contributed by atoms with Gasteiger partial charge in [-0.25, -0.2) is 0 Å². The second-order valence-electron chi connectivity index (χ2n) is 4.02. The van der Waals surface area contributed by atoms with Crippen LogP contribution in [0.1, 0.15) is 32.2 Å². The number of aryl methyl sites for hydroxylation is 1. The number of carboxylic acids is 1. The van der Waals surface area contributed by atoms with Gasteiger partial charge in [-0.05, 0) is 12.8 Å². The van der Waals surface area contributed by atoms with E-state index in [9.17, 15) is 4.79 Å². The van der Waals surface area contributed by atoms with Gasteiger partial charge in [0.15, 0.2) is 0 Å². The van der Waals surface area contributed by atoms with E-state index in [-0.39, 0.29) is 0 Å². The molecule has 0 amide bonds. The van der Waals surface area contributed by atoms with E-state index in [1.165, 1.54) is 0 Å². The molecule has 0 spiro atoms. The molecule has 1 heterocycles. The Hall–Kier alpha value is -1.17. The summed E-state index contributed by atoms with van der Waals surface area (Å²) in [6.07, 6.45) is 1.83. The molecule has 1 N–H and O–H groups in total. The molecular weight excluding hydrogens is 238 g/mol. The predicted octanol–water partition coefficient (Wildman–Crippen LogP) is 2.04. The largest absolute Gasteiger partial charge is 0.481 e. The van der Waals surface area contributed by atoms with Crippen LogP contribution in [0.2, 0.25) is 0 Å². The van der Waals surface area contributed by atoms with Crippen LogP contribution in [0.25, 0.3) is 0 Å². The smallest absolute Gasteiger partial charge is 0.308 e. The van der Waals surface area contributed by atoms with Gasteiger partial charge in [-0.2, -0.15) is 0 Å². The van der Waals surface area contributed by atoms with Crippen LogP contribution in [0.3, 0.4) is 0 Å². The first-order chi connectivity index (χ1) is 8.08. The number of aliphatic carboxylic acids is 1. The van der Waals surface area contributed by atoms with Crippen LogP contribution in [-0.2, 0) is 11.2 Å². The number of hydrogen-bond acceptors (Lipinski definition) is 5. The zero-order valence-electron chi connectivity index (χ0n) is 10.5. The van der Waals surface area contributed by atoms with Crippen molar-refractivity contribution in [1.82, 2.24) is 10.2 Å². The molecule has 0 saturated carbocycles. The molecule has 1 aromatic heterocycles. The Bertz CT molecular complexity index is 367. The summed E-state index contributed by atoms with van der Waals surface area (Å²) in [5, 5.41) is 18.9. The minimum absolute atomic E-state index is 0.393. The third-order valence-corrected chi connectivity index (χ3v) is 3.57. The van der Waals surface area contributed by atoms with Gasteiger partial charge < -0.3 is 10.0 Å². The van der Waals surface area contributed by atoms with Crippen molar-refractivity contribution in [3.8, 4) is 0 Å². The van der Waals surface area contributed by atoms with Gasteiger partial charge in [0, 0.05) is 13.1 Å². The average molecular weight is 257 g/mol. The molecule has 0 saturated heterocycles. The number of carbonyl (C=O) groups is 1. The second kappa shape index (κ2) is 6.54. The van der Waals surface area contributed by atoms with Crippen molar-refractivity contribution in [2.24, 2.45) is 5.92 Å². The summed E-state index contributed by atoms with van der Waals surface area (Å²) >= 11 is 1.55. The molecule has 0 aliphatic carbocycles. The van der Waals surface area contributed by atoms with E-state index in [1.807, 2.05) is 11.8 Å². The Kier molecular flexibility index (Phi) is 5.34. The molecule has 0 fully saturated rings. The number of anilines is 1. The number of carboxylic acid groups (broad SMARTS) is 1. The predicted molar refractivity (Wildman–Crippen MR) is 68.6 cm³/mol. The maximum atomic E-state index is 10.9. The molecule has 0 aliphatic rings. The normalized spacial score (nSPS) is 12.4. The molecule has 17 heavy (non-hydrogen) atoms. The standard InChI is InChI=1S/C11H19N3O2S/c1-4-6-14(7-8(3)10(15)16)11-13-12-9(5-2)17-11/h8H,4-7H2,1-3H3,(H,15,16). The van der Waals surface area contributed by atoms with Gasteiger partial charge in [-0.1, -0.05) is 32.1 Å². The highest BCUT2D eigenvalue weighted by Crippen LogP contribution is 2.21. The molecule has 1 atom stereocenters. The van der Waals surface area contributed by atoms with Crippen LogP contribution < -0.4 is 4.90 Å². The SMILES string of the molecule is CCCN(CC(C)C(=O)O)c1nnc(CC)s1. The maximum absolute atomic E-state index is 10.9. The summed E-state index contributed by atoms with van der Waals surface area (Å²) in [6, 6.07) is 0. The number of hydrogen-bond donors (Lipinski definition) is 1. The van der Waals surface area contributed by atoms with Crippen LogP contribution in [-0.4, -0.2) is 34.4 Å². The molecule has 1 rings (SSSR count). The van der Waals surface area contributed by atoms with Gasteiger partial charge >= 0.3 is 5.97 Å². The highest BCUT2D eigenvalue weighted by molar-refractivity contribution is 7.15. The fourth-order valence-corrected chi connectivity index (χ4v) is 2.27. The number of aromatic nitrogens is 2. The lowest BCUT2D eigenvalue weighted by molar-refractivity contribution is -0.140. The van der Waals surface area contributed by atoms with Crippen LogP contribution in [0.15, 0.2) is 0 Å². The molecule has 0 radical (unpaired) electrons. The van der Waals surface area contributed by atoms with Crippen molar-refractivity contribution in [3.05, 3.63) is 5.01 Å². The van der Waals surface area contributed by atoms with Gasteiger partial charge in [-0.15, -0.1) is 10.2 Å². The maximum Gasteiger partial charge on any atom is 0.308 e. The van der Waals surface area contributed by atoms with Crippen molar-refractivity contribution in [2.45, 2.75) is 33.6 Å². The number of nitrogens with zero attached hydrogens (tertiary/aromatic N) is 3. The van der Waals surface area contributed by atoms with Gasteiger partial charge in [0.05, 0.1) is 5.92 Å². The first-order valence-corrected chi connectivity index (χ1v) is 6.70. The van der Waals surface area contributed by atoms with Crippen LogP contribution in [0.5, 0.6) is 0 Å². The zero-order chi connectivity index (χ0) is 12.8. The third-order valence-electron chi connectivity index (χ3n) is 2.44. The van der Waals surface area contributed by atoms with Gasteiger partial charge in [0.1, 0.15) is 5.01 Å². The topological polar surface area (TPSA) is 66.3 Å². The Morgan fingerprint density at radius 2 is 2.18 bits per heavy atom. The van der Waals surface area contributed by atoms with Crippen LogP contribution in [0, 0.1) is 5.92 Å². The van der Waals surface area contributed by atoms with E-state index in [4.69, 9.17) is 5.11 Å². The summed E-state index contributed by atoms with van der Waals surface area (Å²) in [7, 11) is 0. The average Bonchev–Trinajstić information content (AvgIpc) is 2.76. The van der Waals surface area contributed by atoms with E-state index in [0.717, 1.165) is 29.5 Å². The molecule has 0 bridgehead atoms. The van der Waals surface area contributed by atoms with Crippen molar-refractivity contribution in [3.63, 3.8) is 0 Å². The molecule has 1 aromatic rings. The van der Waals surface area contributed by atoms with E-state index >= 15 is 0 Å². The Labute approximate surface area is 105 Å². The molecule has 0 aromatic carbocycles. The lowest BCUT2D eigenvalue weighted by Crippen LogP contribution is -2.32. The van der Waals surface area contributed by atoms with Crippen molar-refractivity contribution in [1.29, 1.82) is 0 Å². The van der Waals surface area contributed by atoms with Crippen molar-refractivity contribution in [2.75, 3.05) is 18.0 Å². The minimum Gasteiger partial charge on any atom is -0.481 e. The summed E-state index contributed by atoms with van der Waals surface area (Å²) in [6.45, 7) is 7.12. The Morgan fingerprint density at radius 3 is 2.65 bits per heavy atom. The highest BCUT2D eigenvalue weighted by atomic mass is 32.1. The molecule has 0 aliphatic heterocycles. The monoisotopic (exact) mass is 257 g/mol. The van der Waals surface area contributed by atoms with Crippen LogP contribution in [0.4, 0.5) is 5.13 Å². The molecule has 6 heteroatoms. The van der Waals surface area contributed by atoms with E-state index < -0.39 is 11.9 Å². The zero-order valence-corrected chi connectivity index (χ0v) is 11.3. The lowest BCUT2D eigenvalue weighted by Gasteiger charge is -2.22. The third kappa shape index (κ3) is 3.96. The molecule has 96 valence electrons. The van der Waals surface area contributed by atoms with E-state index in [2.05, 4.69) is 17.1 Å². The molecular formula is C11H19N3O2S. The summed E-state index contributed by atoms with van der Waals surface area (Å²) in [5.41, 5.74) is 0. The van der Waals surface area contributed by atoms with Crippen LogP contribution >= 0.6 is 11.3 Å². The van der Waals surface area contributed by atoms with Crippen molar-refractivity contribution < 1.29 is 9.90 Å². The quantitative estimate of drug-likeness (QED) is 0.809. The minimum atomic E-state index is -0.772. The first kappa shape index (κ1) is 13.9. The summed E-state index contributed by atoms with van der Waals surface area (Å²) in [5.74, 6) is -1.16. The Morgan fingerprint density at radius 1 is 1.47 bits per heavy atom. The van der Waals surface area contributed by atoms with Gasteiger partial charge in [0.25, 0.3) is 0 Å². The fraction of sp³-hybridized carbons (Fsp3) is 0.727. The Balaban J connectivity index is 2.74. The summed E-state index contributed by atoms with van der Waals surface area (Å²) in [4.78, 5) is 12.9. The van der Waals surface area contributed by atoms with E-state index in [1.54, 1.807) is 18.3 Å². The lowest BCUT2D eigenvalue weighted by atomic mass is 10.2. The first-order valence-electron chi connectivity index (χ1n) is 5.88. The molecule has 1 unspecified atom stereocenters. The number of rotatable bonds is 7. The highest BCUT2D eigenvalue weighted by Gasteiger charge is 2.18.